The summed E-state index contributed by atoms with van der Waals surface area (Å²) in [6, 6.07) is 11.2. The lowest BCUT2D eigenvalue weighted by molar-refractivity contribution is 0.379. The molecule has 0 aliphatic heterocycles. The summed E-state index contributed by atoms with van der Waals surface area (Å²) in [5.74, 6) is 0.897. The lowest BCUT2D eigenvalue weighted by Gasteiger charge is -2.25. The van der Waals surface area contributed by atoms with Gasteiger partial charge in [0.05, 0.1) is 6.07 Å². The van der Waals surface area contributed by atoms with E-state index in [4.69, 9.17) is 5.26 Å². The average molecular weight is 199 g/mol. The van der Waals surface area contributed by atoms with E-state index >= 15 is 0 Å². The molecule has 1 aromatic carbocycles. The number of hydrogen-bond acceptors (Lipinski definition) is 1. The second-order valence-corrected chi connectivity index (χ2v) is 4.60. The van der Waals surface area contributed by atoms with Crippen LogP contribution in [0.1, 0.15) is 42.7 Å². The molecule has 0 radical (unpaired) electrons. The summed E-state index contributed by atoms with van der Waals surface area (Å²) < 4.78 is 0. The van der Waals surface area contributed by atoms with Crippen molar-refractivity contribution in [2.75, 3.05) is 0 Å². The fourth-order valence-electron chi connectivity index (χ4n) is 2.45. The Balaban J connectivity index is 2.10. The number of hydrogen-bond donors (Lipinski definition) is 0. The predicted molar refractivity (Wildman–Crippen MR) is 61.5 cm³/mol. The topological polar surface area (TPSA) is 23.8 Å². The SMILES string of the molecule is Cc1ccc(C2CCCC(C#N)C2)cc1. The monoisotopic (exact) mass is 199 g/mol. The van der Waals surface area contributed by atoms with Gasteiger partial charge in [-0.3, -0.25) is 0 Å². The van der Waals surface area contributed by atoms with Crippen molar-refractivity contribution in [3.8, 4) is 6.07 Å². The van der Waals surface area contributed by atoms with Crippen LogP contribution in [0.5, 0.6) is 0 Å². The molecule has 1 fully saturated rings. The van der Waals surface area contributed by atoms with Crippen LogP contribution >= 0.6 is 0 Å². The molecule has 0 N–H and O–H groups in total. The highest BCUT2D eigenvalue weighted by Crippen LogP contribution is 2.35. The first kappa shape index (κ1) is 10.2. The van der Waals surface area contributed by atoms with Crippen LogP contribution < -0.4 is 0 Å². The number of aryl methyl sites for hydroxylation is 1. The van der Waals surface area contributed by atoms with Crippen LogP contribution in [0.4, 0.5) is 0 Å². The molecule has 2 rings (SSSR count). The first-order chi connectivity index (χ1) is 7.29. The minimum absolute atomic E-state index is 0.282. The van der Waals surface area contributed by atoms with Crippen LogP contribution in [-0.4, -0.2) is 0 Å². The molecule has 15 heavy (non-hydrogen) atoms. The maximum atomic E-state index is 8.95. The quantitative estimate of drug-likeness (QED) is 0.675. The van der Waals surface area contributed by atoms with E-state index in [0.29, 0.717) is 5.92 Å². The highest BCUT2D eigenvalue weighted by Gasteiger charge is 2.22. The number of rotatable bonds is 1. The second-order valence-electron chi connectivity index (χ2n) is 4.60. The fourth-order valence-corrected chi connectivity index (χ4v) is 2.45. The van der Waals surface area contributed by atoms with Gasteiger partial charge in [-0.2, -0.15) is 5.26 Å². The predicted octanol–water partition coefficient (Wildman–Crippen LogP) is 3.79. The maximum Gasteiger partial charge on any atom is 0.0656 e. The molecule has 0 saturated heterocycles. The molecule has 1 heteroatoms. The lowest BCUT2D eigenvalue weighted by Crippen LogP contribution is -2.12. The summed E-state index contributed by atoms with van der Waals surface area (Å²) in [6.07, 6.45) is 4.61. The third-order valence-corrected chi connectivity index (χ3v) is 3.41. The smallest absolute Gasteiger partial charge is 0.0656 e. The summed E-state index contributed by atoms with van der Waals surface area (Å²) in [5.41, 5.74) is 2.73. The van der Waals surface area contributed by atoms with Crippen molar-refractivity contribution in [3.63, 3.8) is 0 Å². The molecule has 0 spiro atoms. The van der Waals surface area contributed by atoms with Crippen LogP contribution in [0, 0.1) is 24.2 Å². The number of nitrogens with zero attached hydrogens (tertiary/aromatic N) is 1. The normalized spacial score (nSPS) is 25.9. The van der Waals surface area contributed by atoms with E-state index in [1.54, 1.807) is 0 Å². The molecule has 1 aliphatic rings. The average Bonchev–Trinajstić information content (AvgIpc) is 2.30. The third-order valence-electron chi connectivity index (χ3n) is 3.41. The van der Waals surface area contributed by atoms with E-state index < -0.39 is 0 Å². The Morgan fingerprint density at radius 2 is 1.93 bits per heavy atom. The molecule has 0 bridgehead atoms. The Kier molecular flexibility index (Phi) is 3.06. The van der Waals surface area contributed by atoms with Crippen molar-refractivity contribution >= 4 is 0 Å². The molecule has 2 atom stereocenters. The van der Waals surface area contributed by atoms with Gasteiger partial charge in [-0.15, -0.1) is 0 Å². The van der Waals surface area contributed by atoms with Gasteiger partial charge in [0.25, 0.3) is 0 Å². The summed E-state index contributed by atoms with van der Waals surface area (Å²) in [5, 5.41) is 8.95. The molecule has 1 saturated carbocycles. The van der Waals surface area contributed by atoms with Gasteiger partial charge in [0.1, 0.15) is 0 Å². The third kappa shape index (κ3) is 2.39. The molecule has 0 aromatic heterocycles. The Morgan fingerprint density at radius 1 is 1.20 bits per heavy atom. The van der Waals surface area contributed by atoms with Gasteiger partial charge in [0.2, 0.25) is 0 Å². The Bertz CT molecular complexity index is 358. The van der Waals surface area contributed by atoms with Crippen LogP contribution in [0.2, 0.25) is 0 Å². The van der Waals surface area contributed by atoms with E-state index in [1.165, 1.54) is 24.0 Å². The zero-order valence-corrected chi connectivity index (χ0v) is 9.24. The van der Waals surface area contributed by atoms with Crippen LogP contribution in [0.25, 0.3) is 0 Å². The molecule has 78 valence electrons. The number of benzene rings is 1. The fraction of sp³-hybridized carbons (Fsp3) is 0.500. The van der Waals surface area contributed by atoms with Gasteiger partial charge in [-0.05, 0) is 37.7 Å². The highest BCUT2D eigenvalue weighted by atomic mass is 14.3. The van der Waals surface area contributed by atoms with Gasteiger partial charge < -0.3 is 0 Å². The van der Waals surface area contributed by atoms with Crippen molar-refractivity contribution in [1.29, 1.82) is 5.26 Å². The van der Waals surface area contributed by atoms with Crippen molar-refractivity contribution in [2.24, 2.45) is 5.92 Å². The van der Waals surface area contributed by atoms with Gasteiger partial charge in [0.15, 0.2) is 0 Å². The van der Waals surface area contributed by atoms with Gasteiger partial charge in [0, 0.05) is 5.92 Å². The van der Waals surface area contributed by atoms with Crippen LogP contribution in [0.15, 0.2) is 24.3 Å². The second kappa shape index (κ2) is 4.49. The molecular formula is C14H17N. The minimum atomic E-state index is 0.282. The van der Waals surface area contributed by atoms with E-state index in [1.807, 2.05) is 0 Å². The van der Waals surface area contributed by atoms with Gasteiger partial charge in [-0.1, -0.05) is 36.2 Å². The highest BCUT2D eigenvalue weighted by molar-refractivity contribution is 5.25. The van der Waals surface area contributed by atoms with E-state index in [0.717, 1.165) is 12.8 Å². The molecule has 1 aliphatic carbocycles. The minimum Gasteiger partial charge on any atom is -0.198 e. The van der Waals surface area contributed by atoms with Crippen LogP contribution in [0.3, 0.4) is 0 Å². The summed E-state index contributed by atoms with van der Waals surface area (Å²) >= 11 is 0. The van der Waals surface area contributed by atoms with Crippen molar-refractivity contribution in [2.45, 2.75) is 38.5 Å². The molecule has 2 unspecified atom stereocenters. The Labute approximate surface area is 91.7 Å². The zero-order chi connectivity index (χ0) is 10.7. The zero-order valence-electron chi connectivity index (χ0n) is 9.24. The van der Waals surface area contributed by atoms with Gasteiger partial charge >= 0.3 is 0 Å². The Hall–Kier alpha value is -1.29. The van der Waals surface area contributed by atoms with E-state index in [2.05, 4.69) is 37.3 Å². The van der Waals surface area contributed by atoms with E-state index in [9.17, 15) is 0 Å². The molecule has 1 aromatic rings. The molecule has 1 nitrogen and oxygen atoms in total. The lowest BCUT2D eigenvalue weighted by atomic mass is 9.78. The number of nitriles is 1. The van der Waals surface area contributed by atoms with Crippen molar-refractivity contribution in [3.05, 3.63) is 35.4 Å². The summed E-state index contributed by atoms with van der Waals surface area (Å²) in [6.45, 7) is 2.11. The molecule has 0 amide bonds. The first-order valence-electron chi connectivity index (χ1n) is 5.76. The standard InChI is InChI=1S/C14H17N/c1-11-5-7-13(8-6-11)14-4-2-3-12(9-14)10-15/h5-8,12,14H,2-4,9H2,1H3. The van der Waals surface area contributed by atoms with Crippen molar-refractivity contribution < 1.29 is 0 Å². The molecule has 0 heterocycles. The summed E-state index contributed by atoms with van der Waals surface area (Å²) in [4.78, 5) is 0. The van der Waals surface area contributed by atoms with Crippen molar-refractivity contribution in [1.82, 2.24) is 0 Å². The largest absolute Gasteiger partial charge is 0.198 e. The maximum absolute atomic E-state index is 8.95. The van der Waals surface area contributed by atoms with E-state index in [-0.39, 0.29) is 5.92 Å². The summed E-state index contributed by atoms with van der Waals surface area (Å²) in [7, 11) is 0. The molecular weight excluding hydrogens is 182 g/mol. The van der Waals surface area contributed by atoms with Gasteiger partial charge in [-0.25, -0.2) is 0 Å². The Morgan fingerprint density at radius 3 is 2.60 bits per heavy atom. The first-order valence-corrected chi connectivity index (χ1v) is 5.76. The van der Waals surface area contributed by atoms with Crippen LogP contribution in [-0.2, 0) is 0 Å².